The van der Waals surface area contributed by atoms with Gasteiger partial charge in [0, 0.05) is 42.9 Å². The maximum absolute atomic E-state index is 15.3. The number of nitrogens with zero attached hydrogens (tertiary/aromatic N) is 4. The summed E-state index contributed by atoms with van der Waals surface area (Å²) in [5.41, 5.74) is 1.82. The summed E-state index contributed by atoms with van der Waals surface area (Å²) < 4.78 is 29.7. The number of likely N-dealkylation sites (N-methyl/N-ethyl adjacent to an activating group) is 1. The second-order valence-corrected chi connectivity index (χ2v) is 11.2. The van der Waals surface area contributed by atoms with Crippen molar-refractivity contribution in [2.75, 3.05) is 23.9 Å². The molecule has 0 spiro atoms. The van der Waals surface area contributed by atoms with Crippen LogP contribution < -0.4 is 9.80 Å². The van der Waals surface area contributed by atoms with Gasteiger partial charge in [-0.2, -0.15) is 4.39 Å². The van der Waals surface area contributed by atoms with Crippen molar-refractivity contribution in [2.24, 2.45) is 11.8 Å². The number of amides is 2. The largest absolute Gasteiger partial charge is 0.481 e. The third kappa shape index (κ3) is 5.40. The highest BCUT2D eigenvalue weighted by atomic mass is 32.1. The van der Waals surface area contributed by atoms with E-state index in [2.05, 4.69) is 9.97 Å². The number of carboxylic acid groups (broad SMARTS) is 1. The van der Waals surface area contributed by atoms with Gasteiger partial charge in [-0.1, -0.05) is 43.1 Å². The third-order valence-corrected chi connectivity index (χ3v) is 8.50. The van der Waals surface area contributed by atoms with Gasteiger partial charge in [-0.05, 0) is 36.1 Å². The SMILES string of the molecule is CN(C(=O)[C@@H](CC(=O)O)CC1CCCC1)c1nc(-c2cc(F)ccc2-c2cnc3c(c2)CC(=O)N3C)c(F)s1. The lowest BCUT2D eigenvalue weighted by atomic mass is 9.90. The van der Waals surface area contributed by atoms with E-state index >= 15 is 4.39 Å². The number of pyridine rings is 1. The number of carbonyl (C=O) groups is 3. The third-order valence-electron chi connectivity index (χ3n) is 7.58. The molecule has 0 bridgehead atoms. The molecule has 2 aliphatic rings. The van der Waals surface area contributed by atoms with Gasteiger partial charge >= 0.3 is 5.97 Å². The molecule has 39 heavy (non-hydrogen) atoms. The van der Waals surface area contributed by atoms with Gasteiger partial charge in [0.15, 0.2) is 5.13 Å². The number of aliphatic carboxylic acids is 1. The standard InChI is InChI=1S/C28H28F2N4O4S/c1-33-22(35)11-16-10-18(14-31-26(16)33)20-8-7-19(29)13-21(20)24-25(30)39-28(32-24)34(2)27(38)17(12-23(36)37)9-15-5-3-4-6-15/h7-8,10,13-15,17H,3-6,9,11-12H2,1-2H3,(H,36,37)/t17-/m1/s1. The van der Waals surface area contributed by atoms with E-state index in [0.717, 1.165) is 25.7 Å². The van der Waals surface area contributed by atoms with E-state index in [1.165, 1.54) is 35.0 Å². The van der Waals surface area contributed by atoms with Crippen molar-refractivity contribution >= 4 is 40.1 Å². The van der Waals surface area contributed by atoms with Crippen molar-refractivity contribution in [1.29, 1.82) is 0 Å². The molecule has 0 saturated heterocycles. The number of anilines is 2. The number of rotatable bonds is 8. The van der Waals surface area contributed by atoms with E-state index in [9.17, 15) is 23.9 Å². The van der Waals surface area contributed by atoms with Crippen molar-refractivity contribution in [3.8, 4) is 22.4 Å². The van der Waals surface area contributed by atoms with Crippen LogP contribution in [0.3, 0.4) is 0 Å². The van der Waals surface area contributed by atoms with Gasteiger partial charge < -0.3 is 5.11 Å². The van der Waals surface area contributed by atoms with Crippen LogP contribution in [0.4, 0.5) is 19.7 Å². The molecule has 5 rings (SSSR count). The first-order valence-corrected chi connectivity index (χ1v) is 13.7. The predicted molar refractivity (Wildman–Crippen MR) is 144 cm³/mol. The van der Waals surface area contributed by atoms with Gasteiger partial charge in [-0.25, -0.2) is 14.4 Å². The summed E-state index contributed by atoms with van der Waals surface area (Å²) in [5, 5.41) is 8.76. The van der Waals surface area contributed by atoms with Gasteiger partial charge in [-0.15, -0.1) is 0 Å². The molecule has 2 aromatic heterocycles. The normalized spacial score (nSPS) is 16.0. The topological polar surface area (TPSA) is 104 Å². The van der Waals surface area contributed by atoms with Gasteiger partial charge in [0.05, 0.1) is 12.8 Å². The Morgan fingerprint density at radius 3 is 2.67 bits per heavy atom. The molecule has 1 aliphatic carbocycles. The van der Waals surface area contributed by atoms with Crippen molar-refractivity contribution in [3.63, 3.8) is 0 Å². The van der Waals surface area contributed by atoms with Gasteiger partial charge in [0.2, 0.25) is 16.9 Å². The second kappa shape index (κ2) is 10.8. The average molecular weight is 555 g/mol. The average Bonchev–Trinajstić information content (AvgIpc) is 3.62. The molecule has 0 unspecified atom stereocenters. The molecule has 1 atom stereocenters. The van der Waals surface area contributed by atoms with Crippen molar-refractivity contribution < 1.29 is 28.3 Å². The van der Waals surface area contributed by atoms with Crippen LogP contribution in [0, 0.1) is 22.8 Å². The monoisotopic (exact) mass is 554 g/mol. The molecule has 1 N–H and O–H groups in total. The van der Waals surface area contributed by atoms with E-state index < -0.39 is 28.7 Å². The molecule has 1 fully saturated rings. The zero-order valence-electron chi connectivity index (χ0n) is 21.6. The zero-order valence-corrected chi connectivity index (χ0v) is 22.4. The van der Waals surface area contributed by atoms with E-state index in [1.54, 1.807) is 19.3 Å². The fraction of sp³-hybridized carbons (Fsp3) is 0.393. The number of hydrogen-bond acceptors (Lipinski definition) is 6. The van der Waals surface area contributed by atoms with Crippen molar-refractivity contribution in [2.45, 2.75) is 44.9 Å². The molecule has 3 heterocycles. The minimum atomic E-state index is -1.06. The maximum Gasteiger partial charge on any atom is 0.304 e. The lowest BCUT2D eigenvalue weighted by Crippen LogP contribution is -2.35. The summed E-state index contributed by atoms with van der Waals surface area (Å²) in [6.07, 6.45) is 5.96. The predicted octanol–water partition coefficient (Wildman–Crippen LogP) is 5.30. The number of hydrogen-bond donors (Lipinski definition) is 1. The van der Waals surface area contributed by atoms with Crippen LogP contribution in [0.15, 0.2) is 30.5 Å². The Bertz CT molecular complexity index is 1450. The molecule has 8 nitrogen and oxygen atoms in total. The Kier molecular flexibility index (Phi) is 7.44. The zero-order chi connectivity index (χ0) is 27.8. The quantitative estimate of drug-likeness (QED) is 0.405. The molecule has 3 aromatic rings. The summed E-state index contributed by atoms with van der Waals surface area (Å²) in [5.74, 6) is -2.08. The number of benzene rings is 1. The number of carbonyl (C=O) groups excluding carboxylic acids is 2. The Labute approximate surface area is 228 Å². The Morgan fingerprint density at radius 1 is 1.21 bits per heavy atom. The van der Waals surface area contributed by atoms with E-state index in [0.29, 0.717) is 46.2 Å². The Hall–Kier alpha value is -3.73. The first-order chi connectivity index (χ1) is 18.6. The molecule has 1 aliphatic heterocycles. The summed E-state index contributed by atoms with van der Waals surface area (Å²) in [4.78, 5) is 48.4. The van der Waals surface area contributed by atoms with Crippen LogP contribution in [-0.2, 0) is 20.8 Å². The second-order valence-electron chi connectivity index (χ2n) is 10.2. The minimum Gasteiger partial charge on any atom is -0.481 e. The number of halogens is 2. The van der Waals surface area contributed by atoms with Crippen LogP contribution in [0.25, 0.3) is 22.4 Å². The van der Waals surface area contributed by atoms with Crippen molar-refractivity contribution in [3.05, 3.63) is 47.0 Å². The number of fused-ring (bicyclic) bond motifs is 1. The fourth-order valence-corrected chi connectivity index (χ4v) is 6.32. The highest BCUT2D eigenvalue weighted by molar-refractivity contribution is 7.14. The molecule has 1 saturated carbocycles. The summed E-state index contributed by atoms with van der Waals surface area (Å²) >= 11 is 0.646. The minimum absolute atomic E-state index is 0.0591. The van der Waals surface area contributed by atoms with E-state index in [-0.39, 0.29) is 35.1 Å². The molecule has 2 amide bonds. The van der Waals surface area contributed by atoms with Crippen LogP contribution in [-0.4, -0.2) is 47.0 Å². The molecule has 11 heteroatoms. The van der Waals surface area contributed by atoms with Gasteiger partial charge in [0.1, 0.15) is 17.3 Å². The highest BCUT2D eigenvalue weighted by Crippen LogP contribution is 2.40. The summed E-state index contributed by atoms with van der Waals surface area (Å²) in [6.45, 7) is 0. The van der Waals surface area contributed by atoms with Gasteiger partial charge in [-0.3, -0.25) is 24.2 Å². The molecule has 0 radical (unpaired) electrons. The molecular weight excluding hydrogens is 526 g/mol. The smallest absolute Gasteiger partial charge is 0.304 e. The van der Waals surface area contributed by atoms with Crippen molar-refractivity contribution in [1.82, 2.24) is 9.97 Å². The number of carboxylic acids is 1. The first kappa shape index (κ1) is 26.9. The highest BCUT2D eigenvalue weighted by Gasteiger charge is 2.32. The van der Waals surface area contributed by atoms with Gasteiger partial charge in [0.25, 0.3) is 0 Å². The lowest BCUT2D eigenvalue weighted by molar-refractivity contribution is -0.140. The lowest BCUT2D eigenvalue weighted by Gasteiger charge is -2.23. The molecular formula is C28H28F2N4O4S. The van der Waals surface area contributed by atoms with Crippen LogP contribution in [0.2, 0.25) is 0 Å². The van der Waals surface area contributed by atoms with Crippen LogP contribution in [0.1, 0.15) is 44.1 Å². The molecule has 1 aromatic carbocycles. The fourth-order valence-electron chi connectivity index (χ4n) is 5.55. The van der Waals surface area contributed by atoms with E-state index in [1.807, 2.05) is 0 Å². The van der Waals surface area contributed by atoms with E-state index in [4.69, 9.17) is 0 Å². The van der Waals surface area contributed by atoms with Crippen LogP contribution >= 0.6 is 11.3 Å². The first-order valence-electron chi connectivity index (χ1n) is 12.8. The van der Waals surface area contributed by atoms with Crippen LogP contribution in [0.5, 0.6) is 0 Å². The number of thiazole rings is 1. The summed E-state index contributed by atoms with van der Waals surface area (Å²) in [6, 6.07) is 5.72. The molecule has 204 valence electrons. The Balaban J connectivity index is 1.46. The maximum atomic E-state index is 15.3. The Morgan fingerprint density at radius 2 is 1.95 bits per heavy atom. The summed E-state index contributed by atoms with van der Waals surface area (Å²) in [7, 11) is 3.10. The number of aromatic nitrogens is 2.